The molecule has 7 heteroatoms. The first-order valence-corrected chi connectivity index (χ1v) is 8.90. The van der Waals surface area contributed by atoms with Gasteiger partial charge in [0.05, 0.1) is 10.2 Å². The van der Waals surface area contributed by atoms with Crippen molar-refractivity contribution in [2.45, 2.75) is 26.7 Å². The SMILES string of the molecule is CC(C)CC(=O)Cc1ccc(Oc2nc3cc(F)c(F)cc3s2)cc1O. The van der Waals surface area contributed by atoms with Gasteiger partial charge >= 0.3 is 0 Å². The van der Waals surface area contributed by atoms with Crippen molar-refractivity contribution in [1.82, 2.24) is 4.98 Å². The third-order valence-corrected chi connectivity index (χ3v) is 4.59. The molecule has 3 aromatic rings. The Morgan fingerprint density at radius 1 is 1.23 bits per heavy atom. The quantitative estimate of drug-likeness (QED) is 0.639. The number of phenols is 1. The number of phenolic OH excluding ortho intramolecular Hbond substituents is 1. The van der Waals surface area contributed by atoms with Gasteiger partial charge in [0.1, 0.15) is 17.3 Å². The van der Waals surface area contributed by atoms with E-state index in [9.17, 15) is 18.7 Å². The normalized spacial score (nSPS) is 11.3. The first-order valence-electron chi connectivity index (χ1n) is 8.09. The van der Waals surface area contributed by atoms with E-state index < -0.39 is 11.6 Å². The molecule has 0 spiro atoms. The summed E-state index contributed by atoms with van der Waals surface area (Å²) in [7, 11) is 0. The Hall–Kier alpha value is -2.54. The van der Waals surface area contributed by atoms with Crippen LogP contribution in [0.25, 0.3) is 10.2 Å². The molecule has 0 bridgehead atoms. The largest absolute Gasteiger partial charge is 0.508 e. The number of Topliss-reactive ketones (excluding diaryl/α,β-unsaturated/α-hetero) is 1. The number of thiazole rings is 1. The maximum Gasteiger partial charge on any atom is 0.279 e. The molecule has 26 heavy (non-hydrogen) atoms. The van der Waals surface area contributed by atoms with Gasteiger partial charge in [0.2, 0.25) is 0 Å². The molecule has 0 radical (unpaired) electrons. The number of fused-ring (bicyclic) bond motifs is 1. The third kappa shape index (κ3) is 4.16. The van der Waals surface area contributed by atoms with Crippen LogP contribution in [0.4, 0.5) is 8.78 Å². The number of ketones is 1. The number of carbonyl (C=O) groups excluding carboxylic acids is 1. The summed E-state index contributed by atoms with van der Waals surface area (Å²) in [6, 6.07) is 6.71. The van der Waals surface area contributed by atoms with Crippen molar-refractivity contribution < 1.29 is 23.4 Å². The number of carbonyl (C=O) groups is 1. The number of benzene rings is 2. The van der Waals surface area contributed by atoms with Gasteiger partial charge in [-0.3, -0.25) is 4.79 Å². The summed E-state index contributed by atoms with van der Waals surface area (Å²) in [6.07, 6.45) is 0.612. The van der Waals surface area contributed by atoms with Crippen LogP contribution in [0, 0.1) is 17.6 Å². The highest BCUT2D eigenvalue weighted by molar-refractivity contribution is 7.20. The second kappa shape index (κ2) is 7.37. The molecule has 0 unspecified atom stereocenters. The van der Waals surface area contributed by atoms with Crippen molar-refractivity contribution in [2.75, 3.05) is 0 Å². The van der Waals surface area contributed by atoms with Crippen LogP contribution in [-0.2, 0) is 11.2 Å². The molecule has 1 N–H and O–H groups in total. The molecule has 0 amide bonds. The van der Waals surface area contributed by atoms with Crippen molar-refractivity contribution in [3.63, 3.8) is 0 Å². The van der Waals surface area contributed by atoms with Crippen molar-refractivity contribution in [1.29, 1.82) is 0 Å². The summed E-state index contributed by atoms with van der Waals surface area (Å²) in [5.41, 5.74) is 0.820. The summed E-state index contributed by atoms with van der Waals surface area (Å²) >= 11 is 1.07. The maximum absolute atomic E-state index is 13.3. The molecule has 0 fully saturated rings. The molecular weight excluding hydrogens is 360 g/mol. The predicted molar refractivity (Wildman–Crippen MR) is 95.9 cm³/mol. The van der Waals surface area contributed by atoms with Crippen LogP contribution in [0.1, 0.15) is 25.8 Å². The molecule has 2 aromatic carbocycles. The number of ether oxygens (including phenoxy) is 1. The van der Waals surface area contributed by atoms with Crippen molar-refractivity contribution in [3.05, 3.63) is 47.5 Å². The fraction of sp³-hybridized carbons (Fsp3) is 0.263. The van der Waals surface area contributed by atoms with Crippen LogP contribution in [0.3, 0.4) is 0 Å². The van der Waals surface area contributed by atoms with Crippen LogP contribution < -0.4 is 4.74 Å². The summed E-state index contributed by atoms with van der Waals surface area (Å²) in [5.74, 6) is -1.32. The molecule has 0 aliphatic carbocycles. The first kappa shape index (κ1) is 18.3. The van der Waals surface area contributed by atoms with Crippen molar-refractivity contribution in [3.8, 4) is 16.7 Å². The van der Waals surface area contributed by atoms with Crippen LogP contribution in [-0.4, -0.2) is 15.9 Å². The predicted octanol–water partition coefficient (Wildman–Crippen LogP) is 5.23. The maximum atomic E-state index is 13.3. The minimum Gasteiger partial charge on any atom is -0.508 e. The number of rotatable bonds is 6. The van der Waals surface area contributed by atoms with Crippen LogP contribution in [0.5, 0.6) is 16.7 Å². The minimum atomic E-state index is -0.970. The van der Waals surface area contributed by atoms with Crippen molar-refractivity contribution >= 4 is 27.3 Å². The molecule has 0 atom stereocenters. The van der Waals surface area contributed by atoms with E-state index >= 15 is 0 Å². The zero-order valence-corrected chi connectivity index (χ0v) is 15.1. The molecule has 1 heterocycles. The molecule has 0 aliphatic rings. The number of hydrogen-bond acceptors (Lipinski definition) is 5. The summed E-state index contributed by atoms with van der Waals surface area (Å²) in [5, 5.41) is 10.3. The fourth-order valence-electron chi connectivity index (χ4n) is 2.54. The lowest BCUT2D eigenvalue weighted by Gasteiger charge is -2.08. The van der Waals surface area contributed by atoms with Gasteiger partial charge in [0, 0.05) is 30.5 Å². The van der Waals surface area contributed by atoms with Gasteiger partial charge in [-0.1, -0.05) is 31.3 Å². The van der Waals surface area contributed by atoms with Gasteiger partial charge in [0.15, 0.2) is 11.6 Å². The van der Waals surface area contributed by atoms with E-state index in [1.165, 1.54) is 6.07 Å². The first-order chi connectivity index (χ1) is 12.3. The van der Waals surface area contributed by atoms with Crippen LogP contribution in [0.2, 0.25) is 0 Å². The van der Waals surface area contributed by atoms with E-state index in [0.29, 0.717) is 28.0 Å². The van der Waals surface area contributed by atoms with Crippen molar-refractivity contribution in [2.24, 2.45) is 5.92 Å². The highest BCUT2D eigenvalue weighted by atomic mass is 32.1. The Labute approximate surface area is 153 Å². The molecule has 136 valence electrons. The Balaban J connectivity index is 1.76. The average Bonchev–Trinajstić information content (AvgIpc) is 2.91. The number of halogens is 2. The molecule has 3 rings (SSSR count). The third-order valence-electron chi connectivity index (χ3n) is 3.70. The van der Waals surface area contributed by atoms with Gasteiger partial charge < -0.3 is 9.84 Å². The lowest BCUT2D eigenvalue weighted by Crippen LogP contribution is -2.06. The zero-order valence-electron chi connectivity index (χ0n) is 14.3. The Morgan fingerprint density at radius 2 is 1.96 bits per heavy atom. The van der Waals surface area contributed by atoms with E-state index in [-0.39, 0.29) is 29.1 Å². The topological polar surface area (TPSA) is 59.4 Å². The van der Waals surface area contributed by atoms with Crippen LogP contribution >= 0.6 is 11.3 Å². The lowest BCUT2D eigenvalue weighted by atomic mass is 10.0. The smallest absolute Gasteiger partial charge is 0.279 e. The zero-order chi connectivity index (χ0) is 18.8. The van der Waals surface area contributed by atoms with Gasteiger partial charge in [0.25, 0.3) is 5.19 Å². The Morgan fingerprint density at radius 3 is 2.65 bits per heavy atom. The van der Waals surface area contributed by atoms with E-state index in [2.05, 4.69) is 4.98 Å². The molecular formula is C19H17F2NO3S. The second-order valence-electron chi connectivity index (χ2n) is 6.42. The molecule has 0 saturated carbocycles. The van der Waals surface area contributed by atoms with E-state index in [4.69, 9.17) is 4.74 Å². The van der Waals surface area contributed by atoms with Crippen LogP contribution in [0.15, 0.2) is 30.3 Å². The molecule has 4 nitrogen and oxygen atoms in total. The summed E-state index contributed by atoms with van der Waals surface area (Å²) in [4.78, 5) is 16.0. The number of aromatic hydroxyl groups is 1. The lowest BCUT2D eigenvalue weighted by molar-refractivity contribution is -0.119. The van der Waals surface area contributed by atoms with E-state index in [0.717, 1.165) is 23.5 Å². The molecule has 0 saturated heterocycles. The van der Waals surface area contributed by atoms with Gasteiger partial charge in [-0.2, -0.15) is 0 Å². The average molecular weight is 377 g/mol. The summed E-state index contributed by atoms with van der Waals surface area (Å²) in [6.45, 7) is 3.93. The summed E-state index contributed by atoms with van der Waals surface area (Å²) < 4.78 is 32.5. The van der Waals surface area contributed by atoms with E-state index in [1.807, 2.05) is 13.8 Å². The number of hydrogen-bond donors (Lipinski definition) is 1. The highest BCUT2D eigenvalue weighted by Gasteiger charge is 2.13. The highest BCUT2D eigenvalue weighted by Crippen LogP contribution is 2.34. The standard InChI is InChI=1S/C19H17F2NO3S/c1-10(2)5-12(23)6-11-3-4-13(7-17(11)24)25-19-22-16-8-14(20)15(21)9-18(16)26-19/h3-4,7-10,24H,5-6H2,1-2H3. The van der Waals surface area contributed by atoms with Gasteiger partial charge in [-0.25, -0.2) is 13.8 Å². The van der Waals surface area contributed by atoms with E-state index in [1.54, 1.807) is 12.1 Å². The fourth-order valence-corrected chi connectivity index (χ4v) is 3.39. The minimum absolute atomic E-state index is 0.0437. The Kier molecular flexibility index (Phi) is 5.18. The molecule has 1 aromatic heterocycles. The second-order valence-corrected chi connectivity index (χ2v) is 7.41. The van der Waals surface area contributed by atoms with Gasteiger partial charge in [-0.05, 0) is 18.1 Å². The number of nitrogens with zero attached hydrogens (tertiary/aromatic N) is 1. The molecule has 0 aliphatic heterocycles. The monoisotopic (exact) mass is 377 g/mol. The number of aromatic nitrogens is 1. The van der Waals surface area contributed by atoms with Gasteiger partial charge in [-0.15, -0.1) is 0 Å². The Bertz CT molecular complexity index is 930.